The predicted octanol–water partition coefficient (Wildman–Crippen LogP) is 3.77. The van der Waals surface area contributed by atoms with Gasteiger partial charge in [0.15, 0.2) is 0 Å². The zero-order valence-corrected chi connectivity index (χ0v) is 16.0. The largest absolute Gasteiger partial charge is 0.463 e. The van der Waals surface area contributed by atoms with Crippen molar-refractivity contribution in [1.82, 2.24) is 15.1 Å². The maximum absolute atomic E-state index is 12.1. The predicted molar refractivity (Wildman–Crippen MR) is 112 cm³/mol. The maximum Gasteiger partial charge on any atom is 0.330 e. The molecule has 0 aliphatic rings. The van der Waals surface area contributed by atoms with Crippen molar-refractivity contribution in [2.45, 2.75) is 13.5 Å². The van der Waals surface area contributed by atoms with Gasteiger partial charge in [-0.25, -0.2) is 14.3 Å². The van der Waals surface area contributed by atoms with Crippen molar-refractivity contribution in [3.8, 4) is 5.69 Å². The van der Waals surface area contributed by atoms with Crippen LogP contribution >= 0.6 is 0 Å². The lowest BCUT2D eigenvalue weighted by molar-refractivity contribution is -0.137. The summed E-state index contributed by atoms with van der Waals surface area (Å²) in [7, 11) is 0. The maximum atomic E-state index is 12.1. The number of urea groups is 1. The van der Waals surface area contributed by atoms with E-state index in [0.717, 1.165) is 16.8 Å². The van der Waals surface area contributed by atoms with Crippen LogP contribution in [0.25, 0.3) is 11.8 Å². The molecule has 7 heteroatoms. The van der Waals surface area contributed by atoms with Crippen molar-refractivity contribution < 1.29 is 14.3 Å². The number of nitrogens with one attached hydrogen (secondary N) is 2. The number of hydrogen-bond donors (Lipinski definition) is 2. The van der Waals surface area contributed by atoms with Gasteiger partial charge in [0.05, 0.1) is 12.3 Å². The van der Waals surface area contributed by atoms with Crippen LogP contribution in [0.2, 0.25) is 0 Å². The Kier molecular flexibility index (Phi) is 6.78. The number of hydrogen-bond acceptors (Lipinski definition) is 4. The van der Waals surface area contributed by atoms with Gasteiger partial charge in [-0.2, -0.15) is 5.10 Å². The summed E-state index contributed by atoms with van der Waals surface area (Å²) in [6.07, 6.45) is 6.63. The summed E-state index contributed by atoms with van der Waals surface area (Å²) >= 11 is 0. The highest BCUT2D eigenvalue weighted by Crippen LogP contribution is 2.11. The van der Waals surface area contributed by atoms with Gasteiger partial charge in [-0.1, -0.05) is 24.3 Å². The molecular weight excluding hydrogens is 368 g/mol. The summed E-state index contributed by atoms with van der Waals surface area (Å²) in [6.45, 7) is 2.51. The van der Waals surface area contributed by atoms with Crippen molar-refractivity contribution in [2.75, 3.05) is 11.9 Å². The van der Waals surface area contributed by atoms with Crippen molar-refractivity contribution in [1.29, 1.82) is 0 Å². The Balaban J connectivity index is 1.47. The molecule has 2 aromatic carbocycles. The Labute approximate surface area is 169 Å². The van der Waals surface area contributed by atoms with Gasteiger partial charge >= 0.3 is 12.0 Å². The fourth-order valence-electron chi connectivity index (χ4n) is 2.58. The topological polar surface area (TPSA) is 85.2 Å². The smallest absolute Gasteiger partial charge is 0.330 e. The molecule has 0 spiro atoms. The van der Waals surface area contributed by atoms with Gasteiger partial charge in [-0.05, 0) is 54.5 Å². The number of ether oxygens (including phenoxy) is 1. The molecule has 1 aromatic heterocycles. The lowest BCUT2D eigenvalue weighted by atomic mass is 10.2. The molecule has 29 heavy (non-hydrogen) atoms. The molecule has 0 radical (unpaired) electrons. The number of nitrogens with zero attached hydrogens (tertiary/aromatic N) is 2. The molecule has 0 aliphatic heterocycles. The standard InChI is InChI=1S/C22H22N4O3/c1-2-29-21(27)13-8-17-4-9-19(10-5-17)25-22(28)23-16-18-6-11-20(12-7-18)26-15-3-14-24-26/h3-15H,2,16H2,1H3,(H2,23,25,28). The van der Waals surface area contributed by atoms with E-state index in [0.29, 0.717) is 18.8 Å². The fourth-order valence-corrected chi connectivity index (χ4v) is 2.58. The second-order valence-corrected chi connectivity index (χ2v) is 6.13. The number of esters is 1. The quantitative estimate of drug-likeness (QED) is 0.475. The minimum absolute atomic E-state index is 0.295. The van der Waals surface area contributed by atoms with Gasteiger partial charge in [0.1, 0.15) is 0 Å². The Morgan fingerprint density at radius 2 is 1.86 bits per heavy atom. The summed E-state index contributed by atoms with van der Waals surface area (Å²) < 4.78 is 6.61. The summed E-state index contributed by atoms with van der Waals surface area (Å²) in [5.74, 6) is -0.383. The number of anilines is 1. The second-order valence-electron chi connectivity index (χ2n) is 6.13. The van der Waals surface area contributed by atoms with Crippen molar-refractivity contribution in [3.63, 3.8) is 0 Å². The van der Waals surface area contributed by atoms with Gasteiger partial charge in [0.2, 0.25) is 0 Å². The molecule has 7 nitrogen and oxygen atoms in total. The molecule has 0 unspecified atom stereocenters. The highest BCUT2D eigenvalue weighted by molar-refractivity contribution is 5.90. The van der Waals surface area contributed by atoms with Crippen molar-refractivity contribution >= 4 is 23.8 Å². The third-order valence-corrected chi connectivity index (χ3v) is 4.03. The van der Waals surface area contributed by atoms with Crippen LogP contribution in [0.5, 0.6) is 0 Å². The number of benzene rings is 2. The molecule has 1 heterocycles. The molecular formula is C22H22N4O3. The zero-order valence-electron chi connectivity index (χ0n) is 16.0. The minimum Gasteiger partial charge on any atom is -0.463 e. The van der Waals surface area contributed by atoms with E-state index in [4.69, 9.17) is 4.74 Å². The molecule has 0 bridgehead atoms. The Morgan fingerprint density at radius 1 is 1.10 bits per heavy atom. The first-order valence-electron chi connectivity index (χ1n) is 9.23. The summed E-state index contributed by atoms with van der Waals surface area (Å²) in [5, 5.41) is 9.78. The van der Waals surface area contributed by atoms with Crippen LogP contribution in [0.3, 0.4) is 0 Å². The first kappa shape index (κ1) is 19.9. The zero-order chi connectivity index (χ0) is 20.5. The van der Waals surface area contributed by atoms with Gasteiger partial charge in [0.25, 0.3) is 0 Å². The van der Waals surface area contributed by atoms with Crippen LogP contribution in [0, 0.1) is 0 Å². The van der Waals surface area contributed by atoms with Crippen LogP contribution in [0.1, 0.15) is 18.1 Å². The summed E-state index contributed by atoms with van der Waals surface area (Å²) in [4.78, 5) is 23.4. The van der Waals surface area contributed by atoms with E-state index in [1.165, 1.54) is 6.08 Å². The lowest BCUT2D eigenvalue weighted by Crippen LogP contribution is -2.28. The van der Waals surface area contributed by atoms with Crippen molar-refractivity contribution in [2.24, 2.45) is 0 Å². The Bertz CT molecular complexity index is 962. The van der Waals surface area contributed by atoms with Crippen LogP contribution < -0.4 is 10.6 Å². The number of rotatable bonds is 7. The van der Waals surface area contributed by atoms with E-state index in [1.807, 2.05) is 36.5 Å². The minimum atomic E-state index is -0.383. The van der Waals surface area contributed by atoms with Gasteiger partial charge in [0, 0.05) is 30.7 Å². The van der Waals surface area contributed by atoms with E-state index in [-0.39, 0.29) is 12.0 Å². The molecule has 0 saturated heterocycles. The normalized spacial score (nSPS) is 10.7. The molecule has 2 N–H and O–H groups in total. The number of amides is 2. The third-order valence-electron chi connectivity index (χ3n) is 4.03. The SMILES string of the molecule is CCOC(=O)C=Cc1ccc(NC(=O)NCc2ccc(-n3cccn3)cc2)cc1. The first-order valence-corrected chi connectivity index (χ1v) is 9.23. The molecule has 0 fully saturated rings. The Hall–Kier alpha value is -3.87. The Morgan fingerprint density at radius 3 is 2.52 bits per heavy atom. The van der Waals surface area contributed by atoms with Crippen molar-refractivity contribution in [3.05, 3.63) is 84.2 Å². The summed E-state index contributed by atoms with van der Waals surface area (Å²) in [6, 6.07) is 16.5. The van der Waals surface area contributed by atoms with Gasteiger partial charge in [-0.3, -0.25) is 0 Å². The van der Waals surface area contributed by atoms with Crippen LogP contribution in [-0.2, 0) is 16.1 Å². The third kappa shape index (κ3) is 6.07. The summed E-state index contributed by atoms with van der Waals surface area (Å²) in [5.41, 5.74) is 3.43. The average molecular weight is 390 g/mol. The molecule has 0 atom stereocenters. The highest BCUT2D eigenvalue weighted by Gasteiger charge is 2.03. The molecule has 2 amide bonds. The van der Waals surface area contributed by atoms with E-state index in [1.54, 1.807) is 48.1 Å². The molecule has 3 aromatic rings. The lowest BCUT2D eigenvalue weighted by Gasteiger charge is -2.09. The van der Waals surface area contributed by atoms with E-state index >= 15 is 0 Å². The molecule has 0 aliphatic carbocycles. The number of carbonyl (C=O) groups is 2. The molecule has 3 rings (SSSR count). The van der Waals surface area contributed by atoms with E-state index in [2.05, 4.69) is 15.7 Å². The molecule has 0 saturated carbocycles. The molecule has 148 valence electrons. The van der Waals surface area contributed by atoms with Gasteiger partial charge in [-0.15, -0.1) is 0 Å². The fraction of sp³-hybridized carbons (Fsp3) is 0.136. The first-order chi connectivity index (χ1) is 14.1. The second kappa shape index (κ2) is 9.89. The van der Waals surface area contributed by atoms with E-state index in [9.17, 15) is 9.59 Å². The average Bonchev–Trinajstić information content (AvgIpc) is 3.27. The van der Waals surface area contributed by atoms with Crippen LogP contribution in [0.15, 0.2) is 73.1 Å². The van der Waals surface area contributed by atoms with Crippen LogP contribution in [-0.4, -0.2) is 28.4 Å². The highest BCUT2D eigenvalue weighted by atomic mass is 16.5. The monoisotopic (exact) mass is 390 g/mol. The van der Waals surface area contributed by atoms with E-state index < -0.39 is 0 Å². The van der Waals surface area contributed by atoms with Crippen LogP contribution in [0.4, 0.5) is 10.5 Å². The number of aromatic nitrogens is 2. The van der Waals surface area contributed by atoms with Gasteiger partial charge < -0.3 is 15.4 Å². The number of carbonyl (C=O) groups excluding carboxylic acids is 2.